The van der Waals surface area contributed by atoms with Crippen molar-refractivity contribution in [2.45, 2.75) is 24.8 Å². The molecular formula is C15H18FNO3S. The number of hydrogen-bond acceptors (Lipinski definition) is 3. The highest BCUT2D eigenvalue weighted by molar-refractivity contribution is 7.91. The van der Waals surface area contributed by atoms with Gasteiger partial charge in [-0.2, -0.15) is 0 Å². The summed E-state index contributed by atoms with van der Waals surface area (Å²) in [5, 5.41) is 0. The van der Waals surface area contributed by atoms with E-state index in [9.17, 15) is 17.6 Å². The fourth-order valence-corrected chi connectivity index (χ4v) is 4.84. The van der Waals surface area contributed by atoms with Gasteiger partial charge in [-0.3, -0.25) is 4.79 Å². The zero-order valence-electron chi connectivity index (χ0n) is 11.8. The van der Waals surface area contributed by atoms with Crippen molar-refractivity contribution in [2.24, 2.45) is 5.92 Å². The van der Waals surface area contributed by atoms with Gasteiger partial charge in [0.25, 0.3) is 0 Å². The first-order chi connectivity index (χ1) is 9.87. The summed E-state index contributed by atoms with van der Waals surface area (Å²) in [6.07, 6.45) is 1.28. The second-order valence-corrected chi connectivity index (χ2v) is 8.23. The highest BCUT2D eigenvalue weighted by Crippen LogP contribution is 2.48. The molecule has 0 aromatic heterocycles. The van der Waals surface area contributed by atoms with Crippen LogP contribution in [0, 0.1) is 11.7 Å². The predicted molar refractivity (Wildman–Crippen MR) is 77.1 cm³/mol. The van der Waals surface area contributed by atoms with Crippen LogP contribution in [0.15, 0.2) is 24.3 Å². The lowest BCUT2D eigenvalue weighted by atomic mass is 10.1. The topological polar surface area (TPSA) is 54.5 Å². The highest BCUT2D eigenvalue weighted by Gasteiger charge is 2.47. The van der Waals surface area contributed by atoms with Crippen LogP contribution in [0.3, 0.4) is 0 Å². The number of carbonyl (C=O) groups excluding carboxylic acids is 1. The number of nitrogens with zero attached hydrogens (tertiary/aromatic N) is 1. The van der Waals surface area contributed by atoms with Crippen molar-refractivity contribution in [3.05, 3.63) is 35.6 Å². The zero-order valence-corrected chi connectivity index (χ0v) is 12.6. The normalized spacial score (nSPS) is 30.1. The molecule has 1 aliphatic carbocycles. The average Bonchev–Trinajstić information content (AvgIpc) is 3.15. The third-order valence-corrected chi connectivity index (χ3v) is 6.26. The molecule has 3 atom stereocenters. The summed E-state index contributed by atoms with van der Waals surface area (Å²) >= 11 is 0. The van der Waals surface area contributed by atoms with Crippen LogP contribution in [0.1, 0.15) is 24.3 Å². The van der Waals surface area contributed by atoms with E-state index in [2.05, 4.69) is 0 Å². The lowest BCUT2D eigenvalue weighted by Crippen LogP contribution is -2.39. The number of halogens is 1. The van der Waals surface area contributed by atoms with Gasteiger partial charge in [0.05, 0.1) is 11.5 Å². The molecule has 4 nitrogen and oxygen atoms in total. The Morgan fingerprint density at radius 3 is 2.52 bits per heavy atom. The number of amides is 1. The van der Waals surface area contributed by atoms with Crippen LogP contribution in [-0.4, -0.2) is 43.8 Å². The second-order valence-electron chi connectivity index (χ2n) is 6.01. The summed E-state index contributed by atoms with van der Waals surface area (Å²) in [6, 6.07) is 6.04. The molecule has 1 amide bonds. The van der Waals surface area contributed by atoms with Crippen LogP contribution >= 0.6 is 0 Å². The van der Waals surface area contributed by atoms with Gasteiger partial charge in [0.1, 0.15) is 5.82 Å². The number of carbonyl (C=O) groups is 1. The molecule has 6 heteroatoms. The van der Waals surface area contributed by atoms with Gasteiger partial charge in [-0.15, -0.1) is 0 Å². The molecule has 3 rings (SSSR count). The number of sulfone groups is 1. The number of rotatable bonds is 3. The predicted octanol–water partition coefficient (Wildman–Crippen LogP) is 1.57. The van der Waals surface area contributed by atoms with Crippen molar-refractivity contribution in [1.29, 1.82) is 0 Å². The van der Waals surface area contributed by atoms with Gasteiger partial charge >= 0.3 is 0 Å². The quantitative estimate of drug-likeness (QED) is 0.851. The van der Waals surface area contributed by atoms with Crippen LogP contribution in [0.5, 0.6) is 0 Å². The summed E-state index contributed by atoms with van der Waals surface area (Å²) in [5.41, 5.74) is 0.974. The van der Waals surface area contributed by atoms with E-state index in [0.717, 1.165) is 12.0 Å². The lowest BCUT2D eigenvalue weighted by molar-refractivity contribution is -0.133. The maximum absolute atomic E-state index is 12.9. The molecule has 114 valence electrons. The Balaban J connectivity index is 1.63. The molecule has 2 aliphatic rings. The Hall–Kier alpha value is -1.43. The van der Waals surface area contributed by atoms with Crippen LogP contribution in [-0.2, 0) is 14.6 Å². The minimum Gasteiger partial charge on any atom is -0.341 e. The van der Waals surface area contributed by atoms with E-state index >= 15 is 0 Å². The zero-order chi connectivity index (χ0) is 15.2. The summed E-state index contributed by atoms with van der Waals surface area (Å²) in [7, 11) is -1.30. The van der Waals surface area contributed by atoms with E-state index < -0.39 is 9.84 Å². The average molecular weight is 311 g/mol. The van der Waals surface area contributed by atoms with Gasteiger partial charge in [0.2, 0.25) is 5.91 Å². The first-order valence-corrected chi connectivity index (χ1v) is 8.92. The highest BCUT2D eigenvalue weighted by atomic mass is 32.2. The van der Waals surface area contributed by atoms with E-state index in [1.165, 1.54) is 12.1 Å². The summed E-state index contributed by atoms with van der Waals surface area (Å²) in [6.45, 7) is 0. The van der Waals surface area contributed by atoms with Gasteiger partial charge < -0.3 is 4.90 Å². The van der Waals surface area contributed by atoms with Crippen molar-refractivity contribution < 1.29 is 17.6 Å². The van der Waals surface area contributed by atoms with Crippen molar-refractivity contribution in [2.75, 3.05) is 18.6 Å². The summed E-state index contributed by atoms with van der Waals surface area (Å²) in [5.74, 6) is 0.00847. The molecule has 0 radical (unpaired) electrons. The monoisotopic (exact) mass is 311 g/mol. The van der Waals surface area contributed by atoms with Crippen molar-refractivity contribution >= 4 is 15.7 Å². The van der Waals surface area contributed by atoms with Crippen molar-refractivity contribution in [3.8, 4) is 0 Å². The van der Waals surface area contributed by atoms with Gasteiger partial charge in [-0.1, -0.05) is 12.1 Å². The molecule has 1 aliphatic heterocycles. The molecule has 0 unspecified atom stereocenters. The Labute approximate surface area is 123 Å². The van der Waals surface area contributed by atoms with Crippen LogP contribution in [0.2, 0.25) is 0 Å². The molecule has 1 aromatic carbocycles. The van der Waals surface area contributed by atoms with Gasteiger partial charge in [0.15, 0.2) is 9.84 Å². The lowest BCUT2D eigenvalue weighted by Gasteiger charge is -2.23. The molecule has 1 heterocycles. The molecule has 0 bridgehead atoms. The van der Waals surface area contributed by atoms with Crippen LogP contribution in [0.4, 0.5) is 4.39 Å². The Kier molecular flexibility index (Phi) is 3.51. The largest absolute Gasteiger partial charge is 0.341 e. The van der Waals surface area contributed by atoms with Gasteiger partial charge in [-0.05, 0) is 36.5 Å². The summed E-state index contributed by atoms with van der Waals surface area (Å²) in [4.78, 5) is 14.0. The molecule has 1 saturated heterocycles. The smallest absolute Gasteiger partial charge is 0.226 e. The first kappa shape index (κ1) is 14.5. The van der Waals surface area contributed by atoms with E-state index in [4.69, 9.17) is 0 Å². The molecule has 0 spiro atoms. The van der Waals surface area contributed by atoms with E-state index in [0.29, 0.717) is 6.42 Å². The standard InChI is InChI=1S/C15H18FNO3S/c1-17(12-6-7-21(19,20)9-12)15(18)14-8-13(14)10-2-4-11(16)5-3-10/h2-5,12-14H,6-9H2,1H3/t12-,13+,14+/m1/s1. The molecular weight excluding hydrogens is 293 g/mol. The fourth-order valence-electron chi connectivity index (χ4n) is 3.07. The number of hydrogen-bond donors (Lipinski definition) is 0. The van der Waals surface area contributed by atoms with E-state index in [1.807, 2.05) is 0 Å². The van der Waals surface area contributed by atoms with Gasteiger partial charge in [-0.25, -0.2) is 12.8 Å². The van der Waals surface area contributed by atoms with Crippen molar-refractivity contribution in [1.82, 2.24) is 4.90 Å². The maximum Gasteiger partial charge on any atom is 0.226 e. The minimum absolute atomic E-state index is 0.00595. The Morgan fingerprint density at radius 2 is 1.95 bits per heavy atom. The van der Waals surface area contributed by atoms with E-state index in [-0.39, 0.29) is 41.1 Å². The SMILES string of the molecule is CN(C(=O)[C@H]1C[C@H]1c1ccc(F)cc1)[C@@H]1CCS(=O)(=O)C1. The summed E-state index contributed by atoms with van der Waals surface area (Å²) < 4.78 is 35.9. The van der Waals surface area contributed by atoms with Crippen LogP contribution < -0.4 is 0 Å². The Morgan fingerprint density at radius 1 is 1.29 bits per heavy atom. The molecule has 0 N–H and O–H groups in total. The first-order valence-electron chi connectivity index (χ1n) is 7.10. The fraction of sp³-hybridized carbons (Fsp3) is 0.533. The van der Waals surface area contributed by atoms with Crippen LogP contribution in [0.25, 0.3) is 0 Å². The molecule has 21 heavy (non-hydrogen) atoms. The van der Waals surface area contributed by atoms with Crippen molar-refractivity contribution in [3.63, 3.8) is 0 Å². The third-order valence-electron chi connectivity index (χ3n) is 4.51. The second kappa shape index (κ2) is 5.09. The molecule has 1 aromatic rings. The minimum atomic E-state index is -2.99. The Bertz CT molecular complexity index is 656. The maximum atomic E-state index is 12.9. The molecule has 1 saturated carbocycles. The number of benzene rings is 1. The van der Waals surface area contributed by atoms with E-state index in [1.54, 1.807) is 24.1 Å². The third kappa shape index (κ3) is 2.95. The van der Waals surface area contributed by atoms with Gasteiger partial charge in [0, 0.05) is 19.0 Å². The molecule has 2 fully saturated rings.